The van der Waals surface area contributed by atoms with E-state index >= 15 is 0 Å². The standard InChI is InChI=1S/C14H13F2NO/c15-11-4-6-13(7-5-11)17-14(9-18)10-2-1-3-12(16)8-10/h1-8,14,17-18H,9H2. The van der Waals surface area contributed by atoms with Crippen molar-refractivity contribution in [2.24, 2.45) is 0 Å². The van der Waals surface area contributed by atoms with Crippen molar-refractivity contribution < 1.29 is 13.9 Å². The predicted octanol–water partition coefficient (Wildman–Crippen LogP) is 3.11. The SMILES string of the molecule is OCC(Nc1ccc(F)cc1)c1cccc(F)c1. The van der Waals surface area contributed by atoms with Gasteiger partial charge in [0.2, 0.25) is 0 Å². The summed E-state index contributed by atoms with van der Waals surface area (Å²) in [7, 11) is 0. The molecule has 0 bridgehead atoms. The van der Waals surface area contributed by atoms with Gasteiger partial charge < -0.3 is 10.4 Å². The maximum absolute atomic E-state index is 13.1. The highest BCUT2D eigenvalue weighted by Crippen LogP contribution is 2.20. The van der Waals surface area contributed by atoms with Crippen molar-refractivity contribution in [3.8, 4) is 0 Å². The number of anilines is 1. The summed E-state index contributed by atoms with van der Waals surface area (Å²) in [6.07, 6.45) is 0. The number of hydrogen-bond acceptors (Lipinski definition) is 2. The lowest BCUT2D eigenvalue weighted by Gasteiger charge is -2.18. The molecule has 0 heterocycles. The lowest BCUT2D eigenvalue weighted by molar-refractivity contribution is 0.276. The molecule has 1 atom stereocenters. The van der Waals surface area contributed by atoms with Gasteiger partial charge in [-0.1, -0.05) is 12.1 Å². The smallest absolute Gasteiger partial charge is 0.123 e. The molecule has 0 radical (unpaired) electrons. The lowest BCUT2D eigenvalue weighted by Crippen LogP contribution is -2.14. The summed E-state index contributed by atoms with van der Waals surface area (Å²) in [6, 6.07) is 11.4. The molecular weight excluding hydrogens is 236 g/mol. The Hall–Kier alpha value is -1.94. The fraction of sp³-hybridized carbons (Fsp3) is 0.143. The van der Waals surface area contributed by atoms with Crippen molar-refractivity contribution >= 4 is 5.69 Å². The molecule has 0 aliphatic rings. The van der Waals surface area contributed by atoms with Gasteiger partial charge in [-0.15, -0.1) is 0 Å². The monoisotopic (exact) mass is 249 g/mol. The molecule has 18 heavy (non-hydrogen) atoms. The fourth-order valence-electron chi connectivity index (χ4n) is 1.71. The third-order valence-electron chi connectivity index (χ3n) is 2.62. The molecule has 0 aliphatic heterocycles. The van der Waals surface area contributed by atoms with E-state index in [1.165, 1.54) is 24.3 Å². The Morgan fingerprint density at radius 3 is 2.33 bits per heavy atom. The van der Waals surface area contributed by atoms with Gasteiger partial charge in [0.25, 0.3) is 0 Å². The summed E-state index contributed by atoms with van der Waals surface area (Å²) in [6.45, 7) is -0.180. The van der Waals surface area contributed by atoms with Gasteiger partial charge in [0, 0.05) is 5.69 Å². The lowest BCUT2D eigenvalue weighted by atomic mass is 10.1. The van der Waals surface area contributed by atoms with Crippen LogP contribution in [0.15, 0.2) is 48.5 Å². The van der Waals surface area contributed by atoms with Crippen LogP contribution in [-0.2, 0) is 0 Å². The highest BCUT2D eigenvalue weighted by atomic mass is 19.1. The molecule has 2 rings (SSSR count). The van der Waals surface area contributed by atoms with Crippen molar-refractivity contribution in [1.29, 1.82) is 0 Å². The average Bonchev–Trinajstić information content (AvgIpc) is 2.38. The minimum absolute atomic E-state index is 0.180. The van der Waals surface area contributed by atoms with E-state index in [4.69, 9.17) is 0 Å². The van der Waals surface area contributed by atoms with Crippen LogP contribution in [0.4, 0.5) is 14.5 Å². The van der Waals surface area contributed by atoms with Crippen LogP contribution in [-0.4, -0.2) is 11.7 Å². The first kappa shape index (κ1) is 12.5. The summed E-state index contributed by atoms with van der Waals surface area (Å²) >= 11 is 0. The Labute approximate surface area is 104 Å². The number of hydrogen-bond donors (Lipinski definition) is 2. The van der Waals surface area contributed by atoms with Crippen LogP contribution in [0.25, 0.3) is 0 Å². The van der Waals surface area contributed by atoms with Crippen molar-refractivity contribution in [3.63, 3.8) is 0 Å². The number of nitrogens with one attached hydrogen (secondary N) is 1. The van der Waals surface area contributed by atoms with Crippen LogP contribution >= 0.6 is 0 Å². The summed E-state index contributed by atoms with van der Waals surface area (Å²) in [5, 5.41) is 12.3. The molecule has 0 saturated carbocycles. The van der Waals surface area contributed by atoms with E-state index in [1.54, 1.807) is 24.3 Å². The third-order valence-corrected chi connectivity index (χ3v) is 2.62. The molecule has 2 N–H and O–H groups in total. The highest BCUT2D eigenvalue weighted by Gasteiger charge is 2.10. The van der Waals surface area contributed by atoms with E-state index < -0.39 is 6.04 Å². The number of halogens is 2. The zero-order chi connectivity index (χ0) is 13.0. The zero-order valence-corrected chi connectivity index (χ0v) is 9.61. The number of rotatable bonds is 4. The van der Waals surface area contributed by atoms with Gasteiger partial charge in [0.1, 0.15) is 11.6 Å². The van der Waals surface area contributed by atoms with E-state index in [2.05, 4.69) is 5.32 Å². The number of benzene rings is 2. The molecular formula is C14H13F2NO. The van der Waals surface area contributed by atoms with Crippen molar-refractivity contribution in [3.05, 3.63) is 65.7 Å². The first-order chi connectivity index (χ1) is 8.69. The van der Waals surface area contributed by atoms with E-state index in [-0.39, 0.29) is 18.2 Å². The molecule has 94 valence electrons. The highest BCUT2D eigenvalue weighted by molar-refractivity contribution is 5.45. The van der Waals surface area contributed by atoms with Crippen molar-refractivity contribution in [1.82, 2.24) is 0 Å². The first-order valence-corrected chi connectivity index (χ1v) is 5.57. The summed E-state index contributed by atoms with van der Waals surface area (Å²) in [5.74, 6) is -0.682. The Morgan fingerprint density at radius 1 is 1.00 bits per heavy atom. The summed E-state index contributed by atoms with van der Waals surface area (Å²) in [5.41, 5.74) is 1.31. The quantitative estimate of drug-likeness (QED) is 0.872. The van der Waals surface area contributed by atoms with Gasteiger partial charge >= 0.3 is 0 Å². The van der Waals surface area contributed by atoms with Gasteiger partial charge in [0.05, 0.1) is 12.6 Å². The third kappa shape index (κ3) is 3.05. The zero-order valence-electron chi connectivity index (χ0n) is 9.61. The Kier molecular flexibility index (Phi) is 3.89. The van der Waals surface area contributed by atoms with Gasteiger partial charge in [-0.3, -0.25) is 0 Å². The molecule has 0 amide bonds. The van der Waals surface area contributed by atoms with Gasteiger partial charge in [-0.05, 0) is 42.0 Å². The summed E-state index contributed by atoms with van der Waals surface area (Å²) < 4.78 is 25.9. The van der Waals surface area contributed by atoms with E-state index in [0.29, 0.717) is 11.3 Å². The van der Waals surface area contributed by atoms with Crippen LogP contribution in [0.5, 0.6) is 0 Å². The normalized spacial score (nSPS) is 12.2. The minimum Gasteiger partial charge on any atom is -0.394 e. The van der Waals surface area contributed by atoms with E-state index in [9.17, 15) is 13.9 Å². The second-order valence-corrected chi connectivity index (χ2v) is 3.94. The van der Waals surface area contributed by atoms with E-state index in [1.807, 2.05) is 0 Å². The average molecular weight is 249 g/mol. The van der Waals surface area contributed by atoms with Crippen molar-refractivity contribution in [2.75, 3.05) is 11.9 Å². The minimum atomic E-state index is -0.425. The molecule has 0 saturated heterocycles. The molecule has 0 fully saturated rings. The van der Waals surface area contributed by atoms with Crippen LogP contribution in [0.3, 0.4) is 0 Å². The van der Waals surface area contributed by atoms with Crippen LogP contribution < -0.4 is 5.32 Å². The molecule has 0 spiro atoms. The Balaban J connectivity index is 2.17. The number of aliphatic hydroxyl groups is 1. The number of aliphatic hydroxyl groups excluding tert-OH is 1. The maximum Gasteiger partial charge on any atom is 0.123 e. The largest absolute Gasteiger partial charge is 0.394 e. The fourth-order valence-corrected chi connectivity index (χ4v) is 1.71. The van der Waals surface area contributed by atoms with E-state index in [0.717, 1.165) is 0 Å². The Morgan fingerprint density at radius 2 is 1.72 bits per heavy atom. The predicted molar refractivity (Wildman–Crippen MR) is 66.2 cm³/mol. The molecule has 2 aromatic rings. The second-order valence-electron chi connectivity index (χ2n) is 3.94. The molecule has 0 aliphatic carbocycles. The molecule has 1 unspecified atom stereocenters. The van der Waals surface area contributed by atoms with Gasteiger partial charge in [0.15, 0.2) is 0 Å². The van der Waals surface area contributed by atoms with Crippen LogP contribution in [0, 0.1) is 11.6 Å². The van der Waals surface area contributed by atoms with Gasteiger partial charge in [-0.25, -0.2) is 8.78 Å². The second kappa shape index (κ2) is 5.60. The maximum atomic E-state index is 13.1. The van der Waals surface area contributed by atoms with Crippen LogP contribution in [0.1, 0.15) is 11.6 Å². The van der Waals surface area contributed by atoms with Crippen LogP contribution in [0.2, 0.25) is 0 Å². The molecule has 2 nitrogen and oxygen atoms in total. The topological polar surface area (TPSA) is 32.3 Å². The summed E-state index contributed by atoms with van der Waals surface area (Å²) in [4.78, 5) is 0. The molecule has 0 aromatic heterocycles. The Bertz CT molecular complexity index is 513. The van der Waals surface area contributed by atoms with Gasteiger partial charge in [-0.2, -0.15) is 0 Å². The molecule has 2 aromatic carbocycles. The van der Waals surface area contributed by atoms with Crippen molar-refractivity contribution in [2.45, 2.75) is 6.04 Å². The first-order valence-electron chi connectivity index (χ1n) is 5.57. The molecule has 4 heteroatoms.